The number of benzene rings is 4. The van der Waals surface area contributed by atoms with Gasteiger partial charge in [-0.15, -0.1) is 0 Å². The quantitative estimate of drug-likeness (QED) is 0.0613. The number of rotatable bonds is 15. The Morgan fingerprint density at radius 3 is 1.84 bits per heavy atom. The van der Waals surface area contributed by atoms with Crippen LogP contribution in [0.25, 0.3) is 0 Å². The molecule has 49 heavy (non-hydrogen) atoms. The van der Waals surface area contributed by atoms with E-state index in [0.29, 0.717) is 16.8 Å². The van der Waals surface area contributed by atoms with Gasteiger partial charge < -0.3 is 41.6 Å². The molecule has 0 aromatic heterocycles. The molecule has 256 valence electrons. The number of nitrogens with two attached hydrogens (primary N) is 2. The van der Waals surface area contributed by atoms with Crippen LogP contribution < -0.4 is 36.5 Å². The third-order valence-corrected chi connectivity index (χ3v) is 9.14. The molecule has 3 amide bonds. The van der Waals surface area contributed by atoms with E-state index in [0.717, 1.165) is 5.56 Å². The second-order valence-corrected chi connectivity index (χ2v) is 13.2. The first-order valence-electron chi connectivity index (χ1n) is 15.3. The van der Waals surface area contributed by atoms with Crippen LogP contribution in [0.3, 0.4) is 0 Å². The molecule has 0 bridgehead atoms. The fourth-order valence-corrected chi connectivity index (χ4v) is 6.38. The number of carbonyl (C=O) groups excluding carboxylic acids is 3. The summed E-state index contributed by atoms with van der Waals surface area (Å²) in [5, 5.41) is 17.6. The van der Waals surface area contributed by atoms with Gasteiger partial charge in [-0.1, -0.05) is 66.2 Å². The minimum absolute atomic E-state index is 0.0304. The topological polar surface area (TPSA) is 207 Å². The standard InChI is InChI=1S/C35H39N6O7P/c1-23-13-17-26(18-14-23)33(44)40-30(22-42)34(45)38-24(2)32(43)41-31(21-25-15-19-27(20-16-25)39-35(36)37)49(46,47-28-9-5-3-6-10-28)48-29-11-7-4-8-12-29/h3-20,24,30-31,42H,21-22H2,1-2H3,(H,38,45)(H,40,44)(H,41,43)(H4,36,37,39). The van der Waals surface area contributed by atoms with Gasteiger partial charge in [-0.25, -0.2) is 9.56 Å². The van der Waals surface area contributed by atoms with Crippen molar-refractivity contribution in [3.8, 4) is 11.5 Å². The number of guanidine groups is 1. The van der Waals surface area contributed by atoms with Gasteiger partial charge in [0, 0.05) is 12.0 Å². The smallest absolute Gasteiger partial charge is 0.415 e. The molecule has 4 aromatic carbocycles. The number of aliphatic imine (C=N–C) groups is 1. The first-order valence-corrected chi connectivity index (χ1v) is 16.9. The van der Waals surface area contributed by atoms with Crippen molar-refractivity contribution < 1.29 is 33.1 Å². The number of hydrogen-bond acceptors (Lipinski definition) is 8. The highest BCUT2D eigenvalue weighted by Crippen LogP contribution is 2.53. The highest BCUT2D eigenvalue weighted by atomic mass is 31.2. The Morgan fingerprint density at radius 2 is 1.33 bits per heavy atom. The van der Waals surface area contributed by atoms with E-state index in [1.165, 1.54) is 6.92 Å². The molecule has 4 rings (SSSR count). The lowest BCUT2D eigenvalue weighted by Gasteiger charge is -2.29. The molecule has 0 radical (unpaired) electrons. The number of aryl methyl sites for hydroxylation is 1. The van der Waals surface area contributed by atoms with Gasteiger partial charge in [0.1, 0.15) is 23.6 Å². The van der Waals surface area contributed by atoms with Crippen LogP contribution in [0.5, 0.6) is 11.5 Å². The number of aliphatic hydroxyl groups excluding tert-OH is 1. The molecule has 0 fully saturated rings. The zero-order chi connectivity index (χ0) is 35.4. The lowest BCUT2D eigenvalue weighted by molar-refractivity contribution is -0.130. The maximum absolute atomic E-state index is 14.8. The fraction of sp³-hybridized carbons (Fsp3) is 0.200. The second kappa shape index (κ2) is 17.0. The highest BCUT2D eigenvalue weighted by Gasteiger charge is 2.41. The van der Waals surface area contributed by atoms with Gasteiger partial charge in [-0.05, 0) is 67.9 Å². The summed E-state index contributed by atoms with van der Waals surface area (Å²) in [6.45, 7) is 2.56. The predicted molar refractivity (Wildman–Crippen MR) is 186 cm³/mol. The lowest BCUT2D eigenvalue weighted by atomic mass is 10.1. The van der Waals surface area contributed by atoms with Gasteiger partial charge >= 0.3 is 7.60 Å². The minimum Gasteiger partial charge on any atom is -0.415 e. The van der Waals surface area contributed by atoms with Crippen LogP contribution in [0.15, 0.2) is 114 Å². The van der Waals surface area contributed by atoms with Crippen LogP contribution in [-0.4, -0.2) is 53.3 Å². The molecule has 0 saturated carbocycles. The predicted octanol–water partition coefficient (Wildman–Crippen LogP) is 3.53. The van der Waals surface area contributed by atoms with Crippen LogP contribution in [-0.2, 0) is 20.6 Å². The molecule has 4 aromatic rings. The van der Waals surface area contributed by atoms with Crippen molar-refractivity contribution in [2.24, 2.45) is 16.5 Å². The monoisotopic (exact) mass is 686 g/mol. The summed E-state index contributed by atoms with van der Waals surface area (Å²) in [5.74, 6) is -3.03. The highest BCUT2D eigenvalue weighted by molar-refractivity contribution is 7.55. The maximum atomic E-state index is 14.8. The molecule has 0 aliphatic rings. The summed E-state index contributed by atoms with van der Waals surface area (Å²) in [6.07, 6.45) is -0.0304. The van der Waals surface area contributed by atoms with Crippen molar-refractivity contribution in [1.82, 2.24) is 16.0 Å². The molecule has 3 unspecified atom stereocenters. The van der Waals surface area contributed by atoms with Crippen LogP contribution in [0.1, 0.15) is 28.4 Å². The molecule has 0 aliphatic heterocycles. The Balaban J connectivity index is 1.58. The normalized spacial score (nSPS) is 12.8. The molecule has 3 atom stereocenters. The van der Waals surface area contributed by atoms with Gasteiger partial charge in [-0.3, -0.25) is 14.4 Å². The van der Waals surface area contributed by atoms with E-state index in [-0.39, 0.29) is 23.9 Å². The molecule has 0 aliphatic carbocycles. The number of hydrogen-bond donors (Lipinski definition) is 6. The molecular weight excluding hydrogens is 647 g/mol. The van der Waals surface area contributed by atoms with Gasteiger partial charge in [0.25, 0.3) is 5.91 Å². The summed E-state index contributed by atoms with van der Waals surface area (Å²) >= 11 is 0. The van der Waals surface area contributed by atoms with Crippen molar-refractivity contribution in [3.63, 3.8) is 0 Å². The Bertz CT molecular complexity index is 1740. The molecule has 0 saturated heterocycles. The average molecular weight is 687 g/mol. The van der Waals surface area contributed by atoms with E-state index in [1.54, 1.807) is 109 Å². The number of nitrogens with zero attached hydrogens (tertiary/aromatic N) is 1. The number of amides is 3. The van der Waals surface area contributed by atoms with Crippen LogP contribution >= 0.6 is 7.60 Å². The Hall–Kier alpha value is -5.65. The Labute approximate surface area is 284 Å². The van der Waals surface area contributed by atoms with Crippen LogP contribution in [0.4, 0.5) is 5.69 Å². The average Bonchev–Trinajstić information content (AvgIpc) is 3.08. The zero-order valence-electron chi connectivity index (χ0n) is 27.0. The van der Waals surface area contributed by atoms with Crippen molar-refractivity contribution in [3.05, 3.63) is 126 Å². The summed E-state index contributed by atoms with van der Waals surface area (Å²) in [6, 6.07) is 27.6. The van der Waals surface area contributed by atoms with Crippen molar-refractivity contribution in [1.29, 1.82) is 0 Å². The summed E-state index contributed by atoms with van der Waals surface area (Å²) in [5.41, 5.74) is 13.3. The van der Waals surface area contributed by atoms with Crippen molar-refractivity contribution in [2.45, 2.75) is 38.1 Å². The van der Waals surface area contributed by atoms with Gasteiger partial charge in [-0.2, -0.15) is 0 Å². The second-order valence-electron chi connectivity index (χ2n) is 11.1. The van der Waals surface area contributed by atoms with E-state index >= 15 is 0 Å². The fourth-order valence-electron chi connectivity index (χ4n) is 4.53. The maximum Gasteiger partial charge on any atom is 0.453 e. The zero-order valence-corrected chi connectivity index (χ0v) is 27.9. The Morgan fingerprint density at radius 1 is 0.776 bits per heavy atom. The SMILES string of the molecule is Cc1ccc(C(=O)NC(CO)C(=O)NC(C)C(=O)NC(Cc2ccc(N=C(N)N)cc2)P(=O)(Oc2ccccc2)Oc2ccccc2)cc1. The third kappa shape index (κ3) is 10.7. The van der Waals surface area contributed by atoms with Gasteiger partial charge in [0.2, 0.25) is 11.8 Å². The van der Waals surface area contributed by atoms with E-state index in [9.17, 15) is 24.1 Å². The summed E-state index contributed by atoms with van der Waals surface area (Å²) in [4.78, 5) is 43.4. The van der Waals surface area contributed by atoms with Gasteiger partial charge in [0.05, 0.1) is 12.3 Å². The molecule has 0 spiro atoms. The van der Waals surface area contributed by atoms with Crippen molar-refractivity contribution >= 4 is 37.0 Å². The number of carbonyl (C=O) groups is 3. The first-order chi connectivity index (χ1) is 23.5. The van der Waals surface area contributed by atoms with E-state index < -0.39 is 49.8 Å². The lowest BCUT2D eigenvalue weighted by Crippen LogP contribution is -2.55. The van der Waals surface area contributed by atoms with E-state index in [2.05, 4.69) is 20.9 Å². The summed E-state index contributed by atoms with van der Waals surface area (Å²) < 4.78 is 26.8. The van der Waals surface area contributed by atoms with E-state index in [1.807, 2.05) is 6.92 Å². The molecule has 13 nitrogen and oxygen atoms in total. The molecular formula is C35H39N6O7P. The van der Waals surface area contributed by atoms with Gasteiger partial charge in [0.15, 0.2) is 11.7 Å². The molecule has 0 heterocycles. The minimum atomic E-state index is -4.29. The number of nitrogens with one attached hydrogen (secondary N) is 3. The third-order valence-electron chi connectivity index (χ3n) is 7.14. The van der Waals surface area contributed by atoms with Crippen molar-refractivity contribution in [2.75, 3.05) is 6.61 Å². The van der Waals surface area contributed by atoms with Crippen LogP contribution in [0.2, 0.25) is 0 Å². The van der Waals surface area contributed by atoms with E-state index in [4.69, 9.17) is 20.5 Å². The Kier molecular flexibility index (Phi) is 12.5. The molecule has 8 N–H and O–H groups in total. The number of para-hydroxylation sites is 2. The largest absolute Gasteiger partial charge is 0.453 e. The summed E-state index contributed by atoms with van der Waals surface area (Å²) in [7, 11) is -4.29. The number of aliphatic hydroxyl groups is 1. The first kappa shape index (κ1) is 36.2. The van der Waals surface area contributed by atoms with Crippen LogP contribution in [0, 0.1) is 6.92 Å². The molecule has 14 heteroatoms.